The smallest absolute Gasteiger partial charge is 0.0294 e. The van der Waals surface area contributed by atoms with Crippen molar-refractivity contribution in [2.24, 2.45) is 5.92 Å². The first-order chi connectivity index (χ1) is 9.20. The fourth-order valence-electron chi connectivity index (χ4n) is 3.15. The molecule has 2 unspecified atom stereocenters. The van der Waals surface area contributed by atoms with E-state index in [2.05, 4.69) is 61.3 Å². The molecule has 19 heavy (non-hydrogen) atoms. The molecule has 0 aromatic heterocycles. The van der Waals surface area contributed by atoms with Crippen LogP contribution in [0.2, 0.25) is 0 Å². The van der Waals surface area contributed by atoms with Crippen LogP contribution >= 0.6 is 0 Å². The largest absolute Gasteiger partial charge is 0.307 e. The Hall–Kier alpha value is -0.860. The maximum atomic E-state index is 3.78. The van der Waals surface area contributed by atoms with Crippen LogP contribution in [0.5, 0.6) is 0 Å². The van der Waals surface area contributed by atoms with E-state index >= 15 is 0 Å². The topological polar surface area (TPSA) is 15.3 Å². The van der Waals surface area contributed by atoms with E-state index in [-0.39, 0.29) is 0 Å². The maximum absolute atomic E-state index is 3.78. The standard InChI is InChI=1S/C17H28N2/c1-4-19-12-8-11-17(13-19)15(3)18-14(2)16-9-6-5-7-10-16/h5-7,9-10,14-15,17-18H,4,8,11-13H2,1-3H3/t14-,15?,17?/m1/s1. The quantitative estimate of drug-likeness (QED) is 0.872. The lowest BCUT2D eigenvalue weighted by atomic mass is 9.90. The van der Waals surface area contributed by atoms with Crippen LogP contribution in [0.4, 0.5) is 0 Å². The lowest BCUT2D eigenvalue weighted by Crippen LogP contribution is -2.44. The maximum Gasteiger partial charge on any atom is 0.0294 e. The number of benzene rings is 1. The molecule has 1 aliphatic rings. The second kappa shape index (κ2) is 7.06. The van der Waals surface area contributed by atoms with Gasteiger partial charge in [-0.2, -0.15) is 0 Å². The van der Waals surface area contributed by atoms with Crippen LogP contribution in [0, 0.1) is 5.92 Å². The van der Waals surface area contributed by atoms with Gasteiger partial charge in [0.25, 0.3) is 0 Å². The highest BCUT2D eigenvalue weighted by Gasteiger charge is 2.24. The molecule has 3 atom stereocenters. The Kier molecular flexibility index (Phi) is 5.41. The molecule has 0 aliphatic carbocycles. The second-order valence-corrected chi connectivity index (χ2v) is 5.88. The molecule has 0 radical (unpaired) electrons. The number of piperidine rings is 1. The summed E-state index contributed by atoms with van der Waals surface area (Å²) in [5, 5.41) is 3.78. The van der Waals surface area contributed by atoms with Gasteiger partial charge in [0.05, 0.1) is 0 Å². The Morgan fingerprint density at radius 1 is 1.26 bits per heavy atom. The van der Waals surface area contributed by atoms with Crippen molar-refractivity contribution in [1.82, 2.24) is 10.2 Å². The van der Waals surface area contributed by atoms with E-state index in [1.165, 1.54) is 38.0 Å². The van der Waals surface area contributed by atoms with E-state index in [4.69, 9.17) is 0 Å². The van der Waals surface area contributed by atoms with Crippen molar-refractivity contribution in [1.29, 1.82) is 0 Å². The lowest BCUT2D eigenvalue weighted by Gasteiger charge is -2.36. The second-order valence-electron chi connectivity index (χ2n) is 5.88. The van der Waals surface area contributed by atoms with Crippen LogP contribution in [-0.2, 0) is 0 Å². The zero-order chi connectivity index (χ0) is 13.7. The summed E-state index contributed by atoms with van der Waals surface area (Å²) in [6.45, 7) is 10.6. The molecule has 2 nitrogen and oxygen atoms in total. The van der Waals surface area contributed by atoms with Crippen molar-refractivity contribution in [3.8, 4) is 0 Å². The molecule has 0 saturated carbocycles. The van der Waals surface area contributed by atoms with Crippen molar-refractivity contribution in [3.63, 3.8) is 0 Å². The van der Waals surface area contributed by atoms with E-state index < -0.39 is 0 Å². The zero-order valence-corrected chi connectivity index (χ0v) is 12.6. The summed E-state index contributed by atoms with van der Waals surface area (Å²) in [4.78, 5) is 2.58. The minimum absolute atomic E-state index is 0.438. The lowest BCUT2D eigenvalue weighted by molar-refractivity contribution is 0.153. The number of hydrogen-bond acceptors (Lipinski definition) is 2. The molecule has 106 valence electrons. The van der Waals surface area contributed by atoms with Gasteiger partial charge in [-0.15, -0.1) is 0 Å². The number of nitrogens with zero attached hydrogens (tertiary/aromatic N) is 1. The van der Waals surface area contributed by atoms with Gasteiger partial charge in [-0.25, -0.2) is 0 Å². The fraction of sp³-hybridized carbons (Fsp3) is 0.647. The Bertz CT molecular complexity index is 363. The van der Waals surface area contributed by atoms with Gasteiger partial charge in [-0.3, -0.25) is 0 Å². The highest BCUT2D eigenvalue weighted by molar-refractivity contribution is 5.18. The summed E-state index contributed by atoms with van der Waals surface area (Å²) in [6.07, 6.45) is 2.72. The molecule has 2 heteroatoms. The van der Waals surface area contributed by atoms with Crippen LogP contribution in [0.1, 0.15) is 45.2 Å². The van der Waals surface area contributed by atoms with Gasteiger partial charge in [-0.1, -0.05) is 37.3 Å². The third-order valence-electron chi connectivity index (χ3n) is 4.51. The molecule has 1 N–H and O–H groups in total. The minimum atomic E-state index is 0.438. The summed E-state index contributed by atoms with van der Waals surface area (Å²) in [5.41, 5.74) is 1.39. The predicted octanol–water partition coefficient (Wildman–Crippen LogP) is 3.46. The molecule has 1 saturated heterocycles. The Labute approximate surface area is 118 Å². The van der Waals surface area contributed by atoms with E-state index in [9.17, 15) is 0 Å². The van der Waals surface area contributed by atoms with Crippen molar-refractivity contribution < 1.29 is 0 Å². The summed E-state index contributed by atoms with van der Waals surface area (Å²) >= 11 is 0. The number of rotatable bonds is 5. The van der Waals surface area contributed by atoms with Crippen LogP contribution < -0.4 is 5.32 Å². The average Bonchev–Trinajstić information content (AvgIpc) is 2.48. The highest BCUT2D eigenvalue weighted by atomic mass is 15.1. The molecule has 1 heterocycles. The van der Waals surface area contributed by atoms with Crippen LogP contribution in [0.15, 0.2) is 30.3 Å². The number of hydrogen-bond donors (Lipinski definition) is 1. The third kappa shape index (κ3) is 4.05. The van der Waals surface area contributed by atoms with Crippen molar-refractivity contribution in [2.75, 3.05) is 19.6 Å². The average molecular weight is 260 g/mol. The Morgan fingerprint density at radius 2 is 2.00 bits per heavy atom. The van der Waals surface area contributed by atoms with E-state index in [0.29, 0.717) is 12.1 Å². The number of likely N-dealkylation sites (tertiary alicyclic amines) is 1. The van der Waals surface area contributed by atoms with Gasteiger partial charge in [0.2, 0.25) is 0 Å². The first-order valence-electron chi connectivity index (χ1n) is 7.74. The molecule has 0 bridgehead atoms. The summed E-state index contributed by atoms with van der Waals surface area (Å²) in [6, 6.07) is 11.8. The molecule has 1 aliphatic heterocycles. The molecule has 0 amide bonds. The molecule has 1 fully saturated rings. The fourth-order valence-corrected chi connectivity index (χ4v) is 3.15. The molecular formula is C17H28N2. The van der Waals surface area contributed by atoms with Gasteiger partial charge in [0.15, 0.2) is 0 Å². The molecule has 1 aromatic rings. The molecule has 2 rings (SSSR count). The first-order valence-corrected chi connectivity index (χ1v) is 7.74. The summed E-state index contributed by atoms with van der Waals surface area (Å²) in [5.74, 6) is 0.792. The minimum Gasteiger partial charge on any atom is -0.307 e. The molecule has 1 aromatic carbocycles. The monoisotopic (exact) mass is 260 g/mol. The molecular weight excluding hydrogens is 232 g/mol. The van der Waals surface area contributed by atoms with Gasteiger partial charge in [-0.05, 0) is 51.3 Å². The van der Waals surface area contributed by atoms with Gasteiger partial charge in [0.1, 0.15) is 0 Å². The zero-order valence-electron chi connectivity index (χ0n) is 12.6. The number of nitrogens with one attached hydrogen (secondary N) is 1. The highest BCUT2D eigenvalue weighted by Crippen LogP contribution is 2.22. The van der Waals surface area contributed by atoms with Gasteiger partial charge in [0, 0.05) is 18.6 Å². The van der Waals surface area contributed by atoms with E-state index in [1.807, 2.05) is 0 Å². The Morgan fingerprint density at radius 3 is 2.68 bits per heavy atom. The van der Waals surface area contributed by atoms with Gasteiger partial charge >= 0.3 is 0 Å². The van der Waals surface area contributed by atoms with Crippen molar-refractivity contribution >= 4 is 0 Å². The molecule has 0 spiro atoms. The van der Waals surface area contributed by atoms with E-state index in [0.717, 1.165) is 5.92 Å². The first kappa shape index (κ1) is 14.5. The summed E-state index contributed by atoms with van der Waals surface area (Å²) < 4.78 is 0. The van der Waals surface area contributed by atoms with Gasteiger partial charge < -0.3 is 10.2 Å². The van der Waals surface area contributed by atoms with Crippen LogP contribution in [0.25, 0.3) is 0 Å². The SMILES string of the molecule is CCN1CCCC(C(C)N[C@H](C)c2ccccc2)C1. The predicted molar refractivity (Wildman–Crippen MR) is 82.3 cm³/mol. The van der Waals surface area contributed by atoms with Crippen LogP contribution in [-0.4, -0.2) is 30.6 Å². The van der Waals surface area contributed by atoms with E-state index in [1.54, 1.807) is 0 Å². The normalized spacial score (nSPS) is 24.1. The third-order valence-corrected chi connectivity index (χ3v) is 4.51. The Balaban J connectivity index is 1.88. The van der Waals surface area contributed by atoms with Crippen molar-refractivity contribution in [3.05, 3.63) is 35.9 Å². The van der Waals surface area contributed by atoms with Crippen LogP contribution in [0.3, 0.4) is 0 Å². The van der Waals surface area contributed by atoms with Crippen molar-refractivity contribution in [2.45, 2.75) is 45.7 Å². The summed E-state index contributed by atoms with van der Waals surface area (Å²) in [7, 11) is 0.